The highest BCUT2D eigenvalue weighted by Crippen LogP contribution is 2.24. The van der Waals surface area contributed by atoms with Crippen LogP contribution in [0.15, 0.2) is 18.2 Å². The molecule has 1 saturated heterocycles. The first-order valence-electron chi connectivity index (χ1n) is 6.90. The van der Waals surface area contributed by atoms with Gasteiger partial charge in [-0.2, -0.15) is 0 Å². The summed E-state index contributed by atoms with van der Waals surface area (Å²) in [6.07, 6.45) is 0. The van der Waals surface area contributed by atoms with Gasteiger partial charge in [0, 0.05) is 13.6 Å². The third-order valence-electron chi connectivity index (χ3n) is 3.66. The third kappa shape index (κ3) is 3.04. The summed E-state index contributed by atoms with van der Waals surface area (Å²) in [4.78, 5) is 26.0. The van der Waals surface area contributed by atoms with Crippen LogP contribution in [-0.2, 0) is 9.53 Å². The molecular weight excluding hydrogens is 291 g/mol. The van der Waals surface area contributed by atoms with E-state index in [4.69, 9.17) is 9.47 Å². The van der Waals surface area contributed by atoms with Crippen LogP contribution in [-0.4, -0.2) is 56.2 Å². The largest absolute Gasteiger partial charge is 0.496 e. The molecule has 1 fully saturated rings. The molecule has 1 heterocycles. The van der Waals surface area contributed by atoms with Gasteiger partial charge in [-0.25, -0.2) is 4.39 Å². The number of carbonyl (C=O) groups excluding carboxylic acids is 2. The average Bonchev–Trinajstić information content (AvgIpc) is 2.53. The van der Waals surface area contributed by atoms with Crippen molar-refractivity contribution in [1.82, 2.24) is 10.2 Å². The molecule has 0 aliphatic carbocycles. The number of carbonyl (C=O) groups is 2. The Morgan fingerprint density at radius 2 is 2.18 bits per heavy atom. The van der Waals surface area contributed by atoms with E-state index in [1.807, 2.05) is 0 Å². The lowest BCUT2D eigenvalue weighted by Gasteiger charge is -2.39. The second-order valence-corrected chi connectivity index (χ2v) is 5.23. The zero-order chi connectivity index (χ0) is 16.3. The van der Waals surface area contributed by atoms with Crippen molar-refractivity contribution < 1.29 is 23.5 Å². The molecule has 7 heteroatoms. The Balaban J connectivity index is 2.26. The Morgan fingerprint density at radius 1 is 1.45 bits per heavy atom. The Bertz CT molecular complexity index is 593. The van der Waals surface area contributed by atoms with Crippen molar-refractivity contribution >= 4 is 11.8 Å². The number of nitrogens with zero attached hydrogens (tertiary/aromatic N) is 1. The Morgan fingerprint density at radius 3 is 2.82 bits per heavy atom. The minimum atomic E-state index is -1.12. The van der Waals surface area contributed by atoms with Crippen LogP contribution in [0.4, 0.5) is 4.39 Å². The predicted octanol–water partition coefficient (Wildman–Crippen LogP) is 0.811. The molecule has 0 unspecified atom stereocenters. The van der Waals surface area contributed by atoms with E-state index in [0.717, 1.165) is 6.07 Å². The molecule has 2 amide bonds. The summed E-state index contributed by atoms with van der Waals surface area (Å²) in [6.45, 7) is 2.26. The van der Waals surface area contributed by atoms with Crippen molar-refractivity contribution in [3.63, 3.8) is 0 Å². The fraction of sp³-hybridized carbons (Fsp3) is 0.467. The van der Waals surface area contributed by atoms with Crippen molar-refractivity contribution in [2.75, 3.05) is 33.9 Å². The third-order valence-corrected chi connectivity index (χ3v) is 3.66. The van der Waals surface area contributed by atoms with Crippen molar-refractivity contribution in [3.05, 3.63) is 29.6 Å². The number of halogens is 1. The number of nitrogens with one attached hydrogen (secondary N) is 1. The lowest BCUT2D eigenvalue weighted by Crippen LogP contribution is -2.58. The molecule has 0 spiro atoms. The van der Waals surface area contributed by atoms with E-state index >= 15 is 0 Å². The maximum atomic E-state index is 13.4. The van der Waals surface area contributed by atoms with Gasteiger partial charge < -0.3 is 19.7 Å². The van der Waals surface area contributed by atoms with Gasteiger partial charge in [0.05, 0.1) is 25.8 Å². The van der Waals surface area contributed by atoms with E-state index in [9.17, 15) is 14.0 Å². The van der Waals surface area contributed by atoms with E-state index in [1.165, 1.54) is 31.2 Å². The summed E-state index contributed by atoms with van der Waals surface area (Å²) in [6, 6.07) is 3.76. The first-order chi connectivity index (χ1) is 10.4. The molecule has 1 atom stereocenters. The van der Waals surface area contributed by atoms with Crippen LogP contribution in [0.3, 0.4) is 0 Å². The van der Waals surface area contributed by atoms with Gasteiger partial charge in [-0.05, 0) is 25.1 Å². The number of benzene rings is 1. The van der Waals surface area contributed by atoms with Crippen LogP contribution >= 0.6 is 0 Å². The molecule has 0 saturated carbocycles. The topological polar surface area (TPSA) is 67.9 Å². The predicted molar refractivity (Wildman–Crippen MR) is 77.3 cm³/mol. The minimum absolute atomic E-state index is 0.0885. The standard InChI is InChI=1S/C15H19FN2O4/c1-15(14(20)17-2)9-18(6-7-22-15)13(19)11-8-10(16)4-5-12(11)21-3/h4-5,8H,6-7,9H2,1-3H3,(H,17,20)/t15-/m1/s1. The molecule has 22 heavy (non-hydrogen) atoms. The van der Waals surface area contributed by atoms with Crippen molar-refractivity contribution in [3.8, 4) is 5.75 Å². The summed E-state index contributed by atoms with van der Waals surface area (Å²) in [5.41, 5.74) is -0.993. The zero-order valence-corrected chi connectivity index (χ0v) is 12.8. The molecule has 1 N–H and O–H groups in total. The number of ether oxygens (including phenoxy) is 2. The number of amides is 2. The number of likely N-dealkylation sites (N-methyl/N-ethyl adjacent to an activating group) is 1. The van der Waals surface area contributed by atoms with Gasteiger partial charge in [-0.1, -0.05) is 0 Å². The van der Waals surface area contributed by atoms with Gasteiger partial charge >= 0.3 is 0 Å². The maximum absolute atomic E-state index is 13.4. The SMILES string of the molecule is CNC(=O)[C@@]1(C)CN(C(=O)c2cc(F)ccc2OC)CCO1. The zero-order valence-electron chi connectivity index (χ0n) is 12.8. The molecule has 0 radical (unpaired) electrons. The molecule has 2 rings (SSSR count). The summed E-state index contributed by atoms with van der Waals surface area (Å²) in [5, 5.41) is 2.52. The summed E-state index contributed by atoms with van der Waals surface area (Å²) >= 11 is 0. The number of hydrogen-bond acceptors (Lipinski definition) is 4. The van der Waals surface area contributed by atoms with Gasteiger partial charge in [0.2, 0.25) is 0 Å². The number of morpholine rings is 1. The molecule has 1 aliphatic rings. The molecule has 6 nitrogen and oxygen atoms in total. The molecule has 0 bridgehead atoms. The van der Waals surface area contributed by atoms with Gasteiger partial charge in [0.1, 0.15) is 11.6 Å². The van der Waals surface area contributed by atoms with Gasteiger partial charge in [0.25, 0.3) is 11.8 Å². The number of rotatable bonds is 3. The second kappa shape index (κ2) is 6.31. The van der Waals surface area contributed by atoms with E-state index in [2.05, 4.69) is 5.32 Å². The van der Waals surface area contributed by atoms with Crippen molar-refractivity contribution in [1.29, 1.82) is 0 Å². The summed E-state index contributed by atoms with van der Waals surface area (Å²) in [7, 11) is 2.92. The fourth-order valence-corrected chi connectivity index (χ4v) is 2.46. The van der Waals surface area contributed by atoms with Crippen LogP contribution in [0, 0.1) is 5.82 Å². The minimum Gasteiger partial charge on any atom is -0.496 e. The molecule has 0 aromatic heterocycles. The monoisotopic (exact) mass is 310 g/mol. The number of hydrogen-bond donors (Lipinski definition) is 1. The van der Waals surface area contributed by atoms with Crippen LogP contribution in [0.1, 0.15) is 17.3 Å². The van der Waals surface area contributed by atoms with Crippen LogP contribution in [0.5, 0.6) is 5.75 Å². The van der Waals surface area contributed by atoms with E-state index in [-0.39, 0.29) is 24.6 Å². The van der Waals surface area contributed by atoms with Gasteiger partial charge in [-0.15, -0.1) is 0 Å². The fourth-order valence-electron chi connectivity index (χ4n) is 2.46. The van der Waals surface area contributed by atoms with E-state index in [1.54, 1.807) is 6.92 Å². The van der Waals surface area contributed by atoms with E-state index in [0.29, 0.717) is 12.3 Å². The lowest BCUT2D eigenvalue weighted by molar-refractivity contribution is -0.153. The molecule has 1 aliphatic heterocycles. The second-order valence-electron chi connectivity index (χ2n) is 5.23. The highest BCUT2D eigenvalue weighted by Gasteiger charge is 2.40. The average molecular weight is 310 g/mol. The highest BCUT2D eigenvalue weighted by molar-refractivity contribution is 5.97. The first-order valence-corrected chi connectivity index (χ1v) is 6.90. The smallest absolute Gasteiger partial charge is 0.257 e. The number of methoxy groups -OCH3 is 1. The Kier molecular flexibility index (Phi) is 4.65. The lowest BCUT2D eigenvalue weighted by atomic mass is 10.0. The molecule has 1 aromatic carbocycles. The van der Waals surface area contributed by atoms with E-state index < -0.39 is 17.3 Å². The Hall–Kier alpha value is -2.15. The van der Waals surface area contributed by atoms with Crippen LogP contribution < -0.4 is 10.1 Å². The molecule has 1 aromatic rings. The normalized spacial score (nSPS) is 21.4. The maximum Gasteiger partial charge on any atom is 0.257 e. The van der Waals surface area contributed by atoms with Crippen LogP contribution in [0.25, 0.3) is 0 Å². The molecular formula is C15H19FN2O4. The van der Waals surface area contributed by atoms with Crippen molar-refractivity contribution in [2.45, 2.75) is 12.5 Å². The summed E-state index contributed by atoms with van der Waals surface area (Å²) < 4.78 is 24.0. The highest BCUT2D eigenvalue weighted by atomic mass is 19.1. The van der Waals surface area contributed by atoms with Crippen LogP contribution in [0.2, 0.25) is 0 Å². The summed E-state index contributed by atoms with van der Waals surface area (Å²) in [5.74, 6) is -0.933. The van der Waals surface area contributed by atoms with Crippen molar-refractivity contribution in [2.24, 2.45) is 0 Å². The first kappa shape index (κ1) is 16.2. The Labute approximate surface area is 128 Å². The quantitative estimate of drug-likeness (QED) is 0.897. The van der Waals surface area contributed by atoms with Gasteiger partial charge in [0.15, 0.2) is 5.60 Å². The van der Waals surface area contributed by atoms with Gasteiger partial charge in [-0.3, -0.25) is 9.59 Å². The molecule has 120 valence electrons.